The molecule has 1 amide bonds. The van der Waals surface area contributed by atoms with Crippen LogP contribution in [0.3, 0.4) is 0 Å². The van der Waals surface area contributed by atoms with E-state index in [1.807, 2.05) is 6.20 Å². The number of aromatic nitrogens is 1. The van der Waals surface area contributed by atoms with Gasteiger partial charge in [0.1, 0.15) is 0 Å². The van der Waals surface area contributed by atoms with Gasteiger partial charge in [0.05, 0.1) is 5.41 Å². The van der Waals surface area contributed by atoms with Crippen molar-refractivity contribution < 1.29 is 4.79 Å². The van der Waals surface area contributed by atoms with Gasteiger partial charge in [-0.05, 0) is 64.1 Å². The number of rotatable bonds is 4. The van der Waals surface area contributed by atoms with Crippen molar-refractivity contribution in [3.05, 3.63) is 46.0 Å². The van der Waals surface area contributed by atoms with Gasteiger partial charge in [-0.25, -0.2) is 4.98 Å². The number of hydrogen-bond donors (Lipinski definition) is 2. The summed E-state index contributed by atoms with van der Waals surface area (Å²) in [5.74, 6) is 0.683. The highest BCUT2D eigenvalue weighted by Gasteiger charge is 2.51. The minimum Gasteiger partial charge on any atom is -0.317 e. The molecule has 0 spiro atoms. The zero-order valence-electron chi connectivity index (χ0n) is 14.9. The van der Waals surface area contributed by atoms with Crippen LogP contribution in [0.2, 0.25) is 0 Å². The maximum atomic E-state index is 13.0. The van der Waals surface area contributed by atoms with Crippen LogP contribution in [0.4, 0.5) is 5.13 Å². The second kappa shape index (κ2) is 6.54. The summed E-state index contributed by atoms with van der Waals surface area (Å²) in [6.07, 6.45) is 6.11. The van der Waals surface area contributed by atoms with Gasteiger partial charge >= 0.3 is 0 Å². The van der Waals surface area contributed by atoms with E-state index >= 15 is 0 Å². The van der Waals surface area contributed by atoms with E-state index in [0.29, 0.717) is 5.92 Å². The zero-order chi connectivity index (χ0) is 17.4. The number of anilines is 1. The zero-order valence-corrected chi connectivity index (χ0v) is 15.7. The Morgan fingerprint density at radius 2 is 1.88 bits per heavy atom. The topological polar surface area (TPSA) is 54.0 Å². The highest BCUT2D eigenvalue weighted by molar-refractivity contribution is 7.15. The van der Waals surface area contributed by atoms with E-state index in [1.54, 1.807) is 11.3 Å². The Bertz CT molecular complexity index is 768. The van der Waals surface area contributed by atoms with Crippen LogP contribution in [-0.2, 0) is 10.2 Å². The molecule has 2 N–H and O–H groups in total. The van der Waals surface area contributed by atoms with E-state index in [0.717, 1.165) is 49.5 Å². The first-order chi connectivity index (χ1) is 12.1. The van der Waals surface area contributed by atoms with Crippen molar-refractivity contribution in [2.24, 2.45) is 0 Å². The molecule has 0 unspecified atom stereocenters. The minimum atomic E-state index is -0.350. The summed E-state index contributed by atoms with van der Waals surface area (Å²) in [5.41, 5.74) is 3.24. The van der Waals surface area contributed by atoms with Crippen molar-refractivity contribution >= 4 is 22.4 Å². The molecule has 4 nitrogen and oxygen atoms in total. The van der Waals surface area contributed by atoms with Crippen LogP contribution in [0.5, 0.6) is 0 Å². The molecule has 2 aromatic rings. The number of benzene rings is 1. The fourth-order valence-electron chi connectivity index (χ4n) is 3.88. The van der Waals surface area contributed by atoms with Crippen molar-refractivity contribution in [1.29, 1.82) is 0 Å². The average molecular weight is 356 g/mol. The third kappa shape index (κ3) is 3.35. The molecule has 25 heavy (non-hydrogen) atoms. The van der Waals surface area contributed by atoms with Crippen LogP contribution in [0.15, 0.2) is 24.4 Å². The average Bonchev–Trinajstić information content (AvgIpc) is 3.29. The lowest BCUT2D eigenvalue weighted by molar-refractivity contribution is -0.118. The predicted octanol–water partition coefficient (Wildman–Crippen LogP) is 3.90. The Balaban J connectivity index is 1.49. The summed E-state index contributed by atoms with van der Waals surface area (Å²) < 4.78 is 0. The van der Waals surface area contributed by atoms with Crippen LogP contribution < -0.4 is 10.6 Å². The Labute approximate surface area is 153 Å². The summed E-state index contributed by atoms with van der Waals surface area (Å²) >= 11 is 1.64. The Morgan fingerprint density at radius 1 is 1.20 bits per heavy atom. The van der Waals surface area contributed by atoms with Gasteiger partial charge in [-0.3, -0.25) is 4.79 Å². The molecule has 5 heteroatoms. The third-order valence-corrected chi connectivity index (χ3v) is 6.52. The molecule has 2 aliphatic rings. The molecule has 132 valence electrons. The smallest absolute Gasteiger partial charge is 0.236 e. The quantitative estimate of drug-likeness (QED) is 0.875. The van der Waals surface area contributed by atoms with E-state index in [1.165, 1.54) is 16.0 Å². The molecule has 4 rings (SSSR count). The Hall–Kier alpha value is -1.72. The van der Waals surface area contributed by atoms with Crippen molar-refractivity contribution in [1.82, 2.24) is 10.3 Å². The number of carbonyl (C=O) groups excluding carboxylic acids is 1. The van der Waals surface area contributed by atoms with E-state index < -0.39 is 0 Å². The van der Waals surface area contributed by atoms with E-state index in [4.69, 9.17) is 0 Å². The standard InChI is InChI=1S/C20H25N3OS/c1-13-9-14(2)11-16(10-13)20(5-6-20)18(24)23-19-22-12-17(25-19)15-3-7-21-8-4-15/h9-12,15,21H,3-8H2,1-2H3,(H,22,23,24). The van der Waals surface area contributed by atoms with Gasteiger partial charge in [-0.2, -0.15) is 0 Å². The van der Waals surface area contributed by atoms with E-state index in [2.05, 4.69) is 47.7 Å². The maximum absolute atomic E-state index is 13.0. The molecule has 1 aliphatic heterocycles. The first-order valence-corrected chi connectivity index (χ1v) is 9.95. The number of thiazole rings is 1. The van der Waals surface area contributed by atoms with Gasteiger partial charge in [0.15, 0.2) is 5.13 Å². The lowest BCUT2D eigenvalue weighted by Gasteiger charge is -2.20. The summed E-state index contributed by atoms with van der Waals surface area (Å²) in [4.78, 5) is 18.7. The van der Waals surface area contributed by atoms with Crippen LogP contribution in [-0.4, -0.2) is 24.0 Å². The number of amides is 1. The molecule has 1 aromatic heterocycles. The van der Waals surface area contributed by atoms with Gasteiger partial charge in [0.2, 0.25) is 5.91 Å². The van der Waals surface area contributed by atoms with Gasteiger partial charge in [0.25, 0.3) is 0 Å². The molecule has 1 aliphatic carbocycles. The van der Waals surface area contributed by atoms with E-state index in [9.17, 15) is 4.79 Å². The molecule has 0 bridgehead atoms. The number of carbonyl (C=O) groups is 1. The molecular formula is C20H25N3OS. The molecular weight excluding hydrogens is 330 g/mol. The van der Waals surface area contributed by atoms with Crippen molar-refractivity contribution in [2.75, 3.05) is 18.4 Å². The second-order valence-corrected chi connectivity index (χ2v) is 8.57. The Morgan fingerprint density at radius 3 is 2.52 bits per heavy atom. The number of nitrogens with zero attached hydrogens (tertiary/aromatic N) is 1. The molecule has 0 radical (unpaired) electrons. The van der Waals surface area contributed by atoms with Gasteiger partial charge < -0.3 is 10.6 Å². The molecule has 1 saturated heterocycles. The van der Waals surface area contributed by atoms with Crippen molar-refractivity contribution in [3.63, 3.8) is 0 Å². The van der Waals surface area contributed by atoms with Gasteiger partial charge in [0, 0.05) is 11.1 Å². The first kappa shape index (κ1) is 16.7. The monoisotopic (exact) mass is 355 g/mol. The fraction of sp³-hybridized carbons (Fsp3) is 0.500. The largest absolute Gasteiger partial charge is 0.317 e. The molecule has 1 aromatic carbocycles. The highest BCUT2D eigenvalue weighted by Crippen LogP contribution is 2.49. The van der Waals surface area contributed by atoms with Crippen LogP contribution in [0.25, 0.3) is 0 Å². The number of aryl methyl sites for hydroxylation is 2. The second-order valence-electron chi connectivity index (χ2n) is 7.50. The van der Waals surface area contributed by atoms with Crippen LogP contribution in [0.1, 0.15) is 53.2 Å². The third-order valence-electron chi connectivity index (χ3n) is 5.44. The molecule has 0 atom stereocenters. The highest BCUT2D eigenvalue weighted by atomic mass is 32.1. The van der Waals surface area contributed by atoms with Crippen molar-refractivity contribution in [3.8, 4) is 0 Å². The summed E-state index contributed by atoms with van der Waals surface area (Å²) in [5, 5.41) is 7.23. The summed E-state index contributed by atoms with van der Waals surface area (Å²) in [6, 6.07) is 6.47. The fourth-order valence-corrected chi connectivity index (χ4v) is 4.86. The number of piperidine rings is 1. The van der Waals surface area contributed by atoms with Crippen molar-refractivity contribution in [2.45, 2.75) is 50.9 Å². The SMILES string of the molecule is Cc1cc(C)cc(C2(C(=O)Nc3ncc(C4CCNCC4)s3)CC2)c1. The number of nitrogens with one attached hydrogen (secondary N) is 2. The molecule has 2 heterocycles. The van der Waals surface area contributed by atoms with Gasteiger partial charge in [-0.1, -0.05) is 29.3 Å². The number of hydrogen-bond acceptors (Lipinski definition) is 4. The molecule has 2 fully saturated rings. The summed E-state index contributed by atoms with van der Waals surface area (Å²) in [7, 11) is 0. The normalized spacial score (nSPS) is 19.6. The summed E-state index contributed by atoms with van der Waals surface area (Å²) in [6.45, 7) is 6.33. The molecule has 1 saturated carbocycles. The lowest BCUT2D eigenvalue weighted by Crippen LogP contribution is -2.28. The minimum absolute atomic E-state index is 0.101. The predicted molar refractivity (Wildman–Crippen MR) is 102 cm³/mol. The van der Waals surface area contributed by atoms with E-state index in [-0.39, 0.29) is 11.3 Å². The first-order valence-electron chi connectivity index (χ1n) is 9.13. The van der Waals surface area contributed by atoms with Crippen LogP contribution in [0, 0.1) is 13.8 Å². The Kier molecular flexibility index (Phi) is 4.38. The van der Waals surface area contributed by atoms with Crippen LogP contribution >= 0.6 is 11.3 Å². The van der Waals surface area contributed by atoms with Gasteiger partial charge in [-0.15, -0.1) is 11.3 Å². The lowest BCUT2D eigenvalue weighted by atomic mass is 9.92. The maximum Gasteiger partial charge on any atom is 0.236 e.